The first-order valence-corrected chi connectivity index (χ1v) is 53.8. The van der Waals surface area contributed by atoms with Gasteiger partial charge >= 0.3 is 0 Å². The molecule has 33 rings (SSSR count). The number of piperidine rings is 5. The molecular weight excluding hydrogens is 1850 g/mol. The number of ether oxygens (including phenoxy) is 15. The largest absolute Gasteiger partial charge is 0.497 e. The van der Waals surface area contributed by atoms with Gasteiger partial charge in [-0.15, -0.1) is 0 Å². The first-order chi connectivity index (χ1) is 68.6. The summed E-state index contributed by atoms with van der Waals surface area (Å²) in [5.41, 5.74) is 9.61. The molecule has 0 radical (unpaired) electrons. The summed E-state index contributed by atoms with van der Waals surface area (Å²) in [6.07, 6.45) is 30.3. The van der Waals surface area contributed by atoms with E-state index in [0.29, 0.717) is 24.2 Å². The third-order valence-electron chi connectivity index (χ3n) is 46.2. The summed E-state index contributed by atoms with van der Waals surface area (Å²) in [6.45, 7) is 25.3. The minimum absolute atomic E-state index is 0. The van der Waals surface area contributed by atoms with Crippen molar-refractivity contribution in [2.45, 2.75) is 341 Å². The molecule has 147 heavy (non-hydrogen) atoms. The van der Waals surface area contributed by atoms with Crippen molar-refractivity contribution in [1.29, 1.82) is 5.26 Å². The van der Waals surface area contributed by atoms with Gasteiger partial charge in [0.05, 0.1) is 76.5 Å². The summed E-state index contributed by atoms with van der Waals surface area (Å²) in [5.74, 6) is 9.57. The molecule has 10 heterocycles. The molecule has 18 aliphatic carbocycles. The molecule has 18 bridgehead atoms. The Hall–Kier alpha value is -8.65. The van der Waals surface area contributed by atoms with Gasteiger partial charge in [0.1, 0.15) is 64.1 Å². The zero-order valence-corrected chi connectivity index (χ0v) is 89.4. The Kier molecular flexibility index (Phi) is 23.2. The molecule has 0 aromatic heterocycles. The molecule has 2 N–H and O–H groups in total. The van der Waals surface area contributed by atoms with Crippen molar-refractivity contribution in [3.63, 3.8) is 0 Å². The smallest absolute Gasteiger partial charge is 0.179 e. The molecule has 9 spiro atoms. The van der Waals surface area contributed by atoms with Gasteiger partial charge in [-0.2, -0.15) is 5.26 Å². The number of ketones is 2. The summed E-state index contributed by atoms with van der Waals surface area (Å²) >= 11 is 0. The first kappa shape index (κ1) is 103. The van der Waals surface area contributed by atoms with Crippen LogP contribution in [-0.4, -0.2) is 273 Å². The Labute approximate surface area is 872 Å². The van der Waals surface area contributed by atoms with Crippen molar-refractivity contribution in [2.75, 3.05) is 132 Å². The number of aliphatic hydroxyl groups is 2. The second-order valence-electron chi connectivity index (χ2n) is 50.9. The van der Waals surface area contributed by atoms with Crippen molar-refractivity contribution < 1.29 is 90.9 Å². The minimum atomic E-state index is -0.966. The topological polar surface area (TPSA) is 253 Å². The van der Waals surface area contributed by atoms with Crippen molar-refractivity contribution in [1.82, 2.24) is 24.5 Å². The van der Waals surface area contributed by atoms with Crippen LogP contribution < -0.4 is 47.4 Å². The second kappa shape index (κ2) is 33.2. The van der Waals surface area contributed by atoms with Gasteiger partial charge in [-0.1, -0.05) is 112 Å². The van der Waals surface area contributed by atoms with E-state index in [9.17, 15) is 25.1 Å². The number of rotatable bonds is 14. The highest BCUT2D eigenvalue weighted by atomic mass is 16.6. The lowest BCUT2D eigenvalue weighted by atomic mass is 9.33. The number of carbonyl (C=O) groups excluding carboxylic acids is 2. The Morgan fingerprint density at radius 3 is 1.18 bits per heavy atom. The molecule has 25 heteroatoms. The SMILES string of the molecule is C.C.C.COC1=CC=C2[C@H]3Cc4ccc(OC)c5c4[C@@]2(CCN3C)[C@H]1O5.COc1ccc2c3c1O[C@@H]1[C@]34CCN(C#N)[C@H](C2)[C@]42CC[C@@]1(OC)C([C@@](C)(O)C(C)(C)C)C2.COc1ccc2c3c1O[C@@H]1[C@]34CCN(C)[C@H](C2)[C@]42C=C[C@@]1(OC)C(C(C)=O)C2.COc1ccc2c3c1O[C@@H]1[C@]34CCN(C)[C@H](C2)[C@]42CC[C@@]1(OC)C(C(C)=O)C2.COc1ccc2c3c1O[C@@H]1[C@]34CCN(C)[C@H](C2)[C@]42CC[C@@]1(OC)C([C@@](C)(O)C(C)(C)C)C2. The van der Waals surface area contributed by atoms with Crippen LogP contribution in [0.25, 0.3) is 0 Å². The van der Waals surface area contributed by atoms with Gasteiger partial charge in [0.2, 0.25) is 0 Å². The van der Waals surface area contributed by atoms with E-state index in [1.54, 1.807) is 77.8 Å². The van der Waals surface area contributed by atoms with E-state index in [0.717, 1.165) is 224 Å². The molecular formula is C122H164N6O19. The highest BCUT2D eigenvalue weighted by Gasteiger charge is 2.88. The number of likely N-dealkylation sites (tertiary alicyclic amines) is 5. The molecule has 5 saturated heterocycles. The van der Waals surface area contributed by atoms with E-state index in [1.807, 2.05) is 44.1 Å². The van der Waals surface area contributed by atoms with E-state index in [2.05, 4.69) is 162 Å². The molecule has 28 aliphatic rings. The zero-order chi connectivity index (χ0) is 101. The number of carbonyl (C=O) groups is 2. The molecule has 29 atom stereocenters. The normalized spacial score (nSPS) is 41.0. The van der Waals surface area contributed by atoms with Gasteiger partial charge in [-0.05, 0) is 291 Å². The number of nitrogens with zero attached hydrogens (tertiary/aromatic N) is 6. The Morgan fingerprint density at radius 1 is 0.388 bits per heavy atom. The van der Waals surface area contributed by atoms with E-state index >= 15 is 0 Å². The highest BCUT2D eigenvalue weighted by molar-refractivity contribution is 5.84. The van der Waals surface area contributed by atoms with Gasteiger partial charge in [-0.25, -0.2) is 0 Å². The number of Topliss-reactive ketones (excluding diaryl/α,β-unsaturated/α-hetero) is 2. The number of benzene rings is 5. The van der Waals surface area contributed by atoms with E-state index < -0.39 is 33.6 Å². The molecule has 15 fully saturated rings. The van der Waals surface area contributed by atoms with Crippen LogP contribution in [0.4, 0.5) is 0 Å². The standard InChI is InChI=1S/C27H36N2O4.C27H39NO4.C23H29NO4.C23H27NO4.C19H21NO3.3CH4/c1-23(2,3)24(4,30)18-14-25-9-10-27(18,32-6)22-26(25)11-12-29(15-28)19(25)13-16-7-8-17(31-5)21(33-22)20(16)26;1-23(2,3)24(4,29)18-15-25-10-11-27(18,31-7)22-26(25)12-13-28(5)19(25)14-16-8-9-17(30-6)21(32-22)20(16)26;2*1-13(25)15-12-21-7-8-23(15,27-4)20-22(21)9-10-24(2)17(21)11-14-5-6-16(26-3)19(28-20)18(14)22;1-20-9-8-19-12-5-7-15(22-3)18(19)23-17-14(21-2)6-4-11(16(17)19)10-13(12)20;;;/h7-8,18-19,22,30H,9-14H2,1-6H3;8-9,18-19,22,29H,10-15H2,1-7H3;5-6,15,17,20H,7-12H2,1-4H3;5-8,15,17,20H,9-12H2,1-4H3;4-7,13,18H,8-10H2,1-3H3;3*1H4/t2*18?,19-,22-,24-,25-,26+,27-;2*15?,17-,20-,21-,22+,23-;13-,18+,19+;;;/m11111.../s1. The summed E-state index contributed by atoms with van der Waals surface area (Å²) in [7, 11) is 26.5. The van der Waals surface area contributed by atoms with Crippen molar-refractivity contribution in [3.05, 3.63) is 152 Å². The van der Waals surface area contributed by atoms with Crippen LogP contribution in [0.5, 0.6) is 57.5 Å². The monoisotopic (exact) mass is 2020 g/mol. The number of fused-ring (bicyclic) bond motifs is 7. The van der Waals surface area contributed by atoms with Crippen molar-refractivity contribution >= 4 is 11.6 Å². The fourth-order valence-electron chi connectivity index (χ4n) is 39.0. The average molecular weight is 2020 g/mol. The Morgan fingerprint density at radius 2 is 0.762 bits per heavy atom. The quantitative estimate of drug-likeness (QED) is 0.0774. The fraction of sp³-hybridized carbons (Fsp3) is 0.680. The van der Waals surface area contributed by atoms with Crippen LogP contribution in [0.2, 0.25) is 0 Å². The van der Waals surface area contributed by atoms with Crippen molar-refractivity contribution in [3.8, 4) is 63.7 Å². The molecule has 10 aliphatic heterocycles. The van der Waals surface area contributed by atoms with Crippen LogP contribution in [0.1, 0.15) is 243 Å². The molecule has 5 aromatic carbocycles. The maximum atomic E-state index is 12.8. The first-order valence-electron chi connectivity index (χ1n) is 53.8. The van der Waals surface area contributed by atoms with E-state index in [4.69, 9.17) is 71.1 Å². The van der Waals surface area contributed by atoms with Gasteiger partial charge in [0, 0.05) is 143 Å². The van der Waals surface area contributed by atoms with E-state index in [-0.39, 0.29) is 154 Å². The number of methoxy groups -OCH3 is 10. The van der Waals surface area contributed by atoms with Crippen LogP contribution in [0.3, 0.4) is 0 Å². The van der Waals surface area contributed by atoms with Gasteiger partial charge in [-0.3, -0.25) is 14.5 Å². The summed E-state index contributed by atoms with van der Waals surface area (Å²) in [5, 5.41) is 34.3. The van der Waals surface area contributed by atoms with Crippen molar-refractivity contribution in [2.24, 2.45) is 56.2 Å². The molecule has 10 saturated carbocycles. The summed E-state index contributed by atoms with van der Waals surface area (Å²) < 4.78 is 93.9. The Bertz CT molecular complexity index is 6390. The molecule has 4 unspecified atom stereocenters. The third kappa shape index (κ3) is 11.6. The number of allylic oxidation sites excluding steroid dienone is 2. The van der Waals surface area contributed by atoms with Crippen LogP contribution in [0.15, 0.2) is 96.3 Å². The van der Waals surface area contributed by atoms with Gasteiger partial charge in [0.25, 0.3) is 0 Å². The molecule has 5 aromatic rings. The molecule has 796 valence electrons. The van der Waals surface area contributed by atoms with Crippen LogP contribution >= 0.6 is 0 Å². The van der Waals surface area contributed by atoms with Gasteiger partial charge < -0.3 is 101 Å². The maximum absolute atomic E-state index is 12.8. The lowest BCUT2D eigenvalue weighted by molar-refractivity contribution is -0.311. The summed E-state index contributed by atoms with van der Waals surface area (Å²) in [6, 6.07) is 23.2. The average Bonchev–Trinajstić information content (AvgIpc) is 1.53. The van der Waals surface area contributed by atoms with Gasteiger partial charge in [0.15, 0.2) is 69.8 Å². The lowest BCUT2D eigenvalue weighted by Crippen LogP contribution is -2.83. The van der Waals surface area contributed by atoms with Crippen LogP contribution in [-0.2, 0) is 92.5 Å². The highest BCUT2D eigenvalue weighted by Crippen LogP contribution is 2.84. The fourth-order valence-corrected chi connectivity index (χ4v) is 39.0. The summed E-state index contributed by atoms with van der Waals surface area (Å²) in [4.78, 5) is 37.8. The lowest BCUT2D eigenvalue weighted by Gasteiger charge is -2.75. The molecule has 25 nitrogen and oxygen atoms in total. The Balaban J connectivity index is 0.000000104. The predicted octanol–water partition coefficient (Wildman–Crippen LogP) is 17.3. The maximum Gasteiger partial charge on any atom is 0.179 e. The third-order valence-corrected chi connectivity index (χ3v) is 46.2. The number of nitriles is 1. The second-order valence-corrected chi connectivity index (χ2v) is 50.9. The number of hydrogen-bond donors (Lipinski definition) is 2. The number of hydrogen-bond acceptors (Lipinski definition) is 25. The minimum Gasteiger partial charge on any atom is -0.497 e. The predicted molar refractivity (Wildman–Crippen MR) is 562 cm³/mol. The molecule has 0 amide bonds. The van der Waals surface area contributed by atoms with E-state index in [1.165, 1.54) is 61.2 Å². The zero-order valence-electron chi connectivity index (χ0n) is 89.4. The number of likely N-dealkylation sites (N-methyl/N-ethyl adjacent to an activating group) is 4. The van der Waals surface area contributed by atoms with Crippen LogP contribution in [0, 0.1) is 67.6 Å².